The highest BCUT2D eigenvalue weighted by Crippen LogP contribution is 2.67. The van der Waals surface area contributed by atoms with Crippen LogP contribution in [-0.2, 0) is 9.63 Å². The number of likely N-dealkylation sites (N-methyl/N-ethyl adjacent to an activating group) is 1. The molecule has 192 valence electrons. The standard InChI is InChI=1S/C27H44FN3O3/c1-18(30-34-25(33)31(15-13-28)16-14-29-4)22-7-8-23-21-6-5-19-17-20(32)9-11-26(19,2)24(21)10-12-27(22,23)3/h19,21-24,29H,5-17H2,1-4H3/b30-18+/t19-,21+,22-,23+,24+,26+,27-/m1/s1. The fraction of sp³-hybridized carbons (Fsp3) is 0.889. The SMILES string of the molecule is CNCCN(CCF)C(=O)O/N=C(\C)[C@H]1CC[C@H]2[C@@H]3CC[C@@H]4CC(=O)CC[C@]4(C)[C@H]3CC[C@]12C. The molecule has 4 aliphatic rings. The van der Waals surface area contributed by atoms with Crippen molar-refractivity contribution in [2.45, 2.75) is 78.6 Å². The Kier molecular flexibility index (Phi) is 7.70. The first kappa shape index (κ1) is 25.6. The van der Waals surface area contributed by atoms with E-state index in [-0.39, 0.29) is 12.0 Å². The Balaban J connectivity index is 1.44. The van der Waals surface area contributed by atoms with Crippen molar-refractivity contribution in [2.24, 2.45) is 45.6 Å². The van der Waals surface area contributed by atoms with Crippen molar-refractivity contribution in [3.8, 4) is 0 Å². The average Bonchev–Trinajstić information content (AvgIpc) is 3.17. The van der Waals surface area contributed by atoms with Crippen molar-refractivity contribution in [1.29, 1.82) is 0 Å². The van der Waals surface area contributed by atoms with E-state index in [0.29, 0.717) is 42.0 Å². The summed E-state index contributed by atoms with van der Waals surface area (Å²) < 4.78 is 12.9. The number of fused-ring (bicyclic) bond motifs is 5. The molecule has 7 heteroatoms. The number of rotatable bonds is 7. The Morgan fingerprint density at radius 1 is 1.12 bits per heavy atom. The highest BCUT2D eigenvalue weighted by molar-refractivity contribution is 5.85. The van der Waals surface area contributed by atoms with Crippen LogP contribution >= 0.6 is 0 Å². The number of hydrogen-bond acceptors (Lipinski definition) is 5. The zero-order valence-electron chi connectivity index (χ0n) is 21.6. The summed E-state index contributed by atoms with van der Waals surface area (Å²) in [5.74, 6) is 3.50. The van der Waals surface area contributed by atoms with Crippen molar-refractivity contribution in [2.75, 3.05) is 33.4 Å². The second-order valence-electron chi connectivity index (χ2n) is 11.9. The Labute approximate surface area is 204 Å². The van der Waals surface area contributed by atoms with Gasteiger partial charge in [0.1, 0.15) is 12.5 Å². The summed E-state index contributed by atoms with van der Waals surface area (Å²) in [6.45, 7) is 7.32. The maximum atomic E-state index is 12.9. The number of nitrogens with zero attached hydrogens (tertiary/aromatic N) is 2. The van der Waals surface area contributed by atoms with Gasteiger partial charge in [-0.3, -0.25) is 9.63 Å². The number of nitrogens with one attached hydrogen (secondary N) is 1. The van der Waals surface area contributed by atoms with E-state index >= 15 is 0 Å². The molecule has 0 spiro atoms. The maximum Gasteiger partial charge on any atom is 0.436 e. The summed E-state index contributed by atoms with van der Waals surface area (Å²) in [5, 5.41) is 7.27. The Hall–Kier alpha value is -1.50. The van der Waals surface area contributed by atoms with E-state index in [1.54, 1.807) is 7.05 Å². The van der Waals surface area contributed by atoms with E-state index in [0.717, 1.165) is 43.2 Å². The van der Waals surface area contributed by atoms with Gasteiger partial charge in [0.2, 0.25) is 0 Å². The van der Waals surface area contributed by atoms with Crippen LogP contribution in [0.2, 0.25) is 0 Å². The molecule has 4 aliphatic carbocycles. The smallest absolute Gasteiger partial charge is 0.318 e. The highest BCUT2D eigenvalue weighted by Gasteiger charge is 2.60. The first-order valence-corrected chi connectivity index (χ1v) is 13.5. The molecule has 0 aliphatic heterocycles. The second-order valence-corrected chi connectivity index (χ2v) is 11.9. The lowest BCUT2D eigenvalue weighted by molar-refractivity contribution is -0.138. The molecular formula is C27H44FN3O3. The molecule has 0 unspecified atom stereocenters. The molecule has 34 heavy (non-hydrogen) atoms. The molecule has 0 aromatic rings. The van der Waals surface area contributed by atoms with Crippen molar-refractivity contribution in [1.82, 2.24) is 10.2 Å². The normalized spacial score (nSPS) is 39.7. The summed E-state index contributed by atoms with van der Waals surface area (Å²) in [7, 11) is 1.80. The number of Topliss-reactive ketones (excluding diaryl/α,β-unsaturated/α-hetero) is 1. The van der Waals surface area contributed by atoms with Crippen LogP contribution in [0.3, 0.4) is 0 Å². The molecular weight excluding hydrogens is 433 g/mol. The van der Waals surface area contributed by atoms with E-state index < -0.39 is 12.8 Å². The zero-order chi connectivity index (χ0) is 24.5. The lowest BCUT2D eigenvalue weighted by Crippen LogP contribution is -2.53. The van der Waals surface area contributed by atoms with Gasteiger partial charge in [0.05, 0.1) is 12.3 Å². The Bertz CT molecular complexity index is 804. The molecule has 0 bridgehead atoms. The van der Waals surface area contributed by atoms with Crippen molar-refractivity contribution < 1.29 is 18.8 Å². The van der Waals surface area contributed by atoms with Crippen LogP contribution in [-0.4, -0.2) is 55.8 Å². The quantitative estimate of drug-likeness (QED) is 0.310. The molecule has 7 atom stereocenters. The van der Waals surface area contributed by atoms with E-state index in [9.17, 15) is 14.0 Å². The molecule has 0 aromatic heterocycles. The number of amides is 1. The summed E-state index contributed by atoms with van der Waals surface area (Å²) in [5.41, 5.74) is 1.40. The number of hydrogen-bond donors (Lipinski definition) is 1. The second kappa shape index (κ2) is 10.2. The fourth-order valence-corrected chi connectivity index (χ4v) is 8.61. The highest BCUT2D eigenvalue weighted by atomic mass is 19.1. The number of alkyl halides is 1. The van der Waals surface area contributed by atoms with Crippen molar-refractivity contribution in [3.63, 3.8) is 0 Å². The number of halogens is 1. The average molecular weight is 478 g/mol. The molecule has 0 heterocycles. The summed E-state index contributed by atoms with van der Waals surface area (Å²) >= 11 is 0. The minimum atomic E-state index is -0.597. The molecule has 6 nitrogen and oxygen atoms in total. The predicted molar refractivity (Wildman–Crippen MR) is 131 cm³/mol. The zero-order valence-corrected chi connectivity index (χ0v) is 21.6. The third kappa shape index (κ3) is 4.54. The summed E-state index contributed by atoms with van der Waals surface area (Å²) in [6, 6.07) is 0. The van der Waals surface area contributed by atoms with Gasteiger partial charge in [0.15, 0.2) is 0 Å². The van der Waals surface area contributed by atoms with E-state index in [1.165, 1.54) is 37.0 Å². The molecule has 1 amide bonds. The van der Waals surface area contributed by atoms with E-state index in [4.69, 9.17) is 4.84 Å². The van der Waals surface area contributed by atoms with Crippen LogP contribution in [0.4, 0.5) is 9.18 Å². The predicted octanol–water partition coefficient (Wildman–Crippen LogP) is 5.22. The molecule has 0 saturated heterocycles. The lowest BCUT2D eigenvalue weighted by atomic mass is 9.44. The maximum absolute atomic E-state index is 12.9. The Morgan fingerprint density at radius 2 is 1.88 bits per heavy atom. The molecule has 4 rings (SSSR count). The summed E-state index contributed by atoms with van der Waals surface area (Å²) in [6.07, 6.45) is 9.22. The van der Waals surface area contributed by atoms with Gasteiger partial charge in [0.25, 0.3) is 0 Å². The molecule has 4 saturated carbocycles. The Morgan fingerprint density at radius 3 is 2.62 bits per heavy atom. The van der Waals surface area contributed by atoms with Gasteiger partial charge in [-0.05, 0) is 93.4 Å². The molecule has 0 radical (unpaired) electrons. The lowest BCUT2D eigenvalue weighted by Gasteiger charge is -2.60. The first-order chi connectivity index (χ1) is 16.2. The minimum absolute atomic E-state index is 0.0206. The van der Waals surface area contributed by atoms with Crippen molar-refractivity contribution in [3.05, 3.63) is 0 Å². The van der Waals surface area contributed by atoms with E-state index in [1.807, 2.05) is 6.92 Å². The van der Waals surface area contributed by atoms with Crippen molar-refractivity contribution >= 4 is 17.6 Å². The van der Waals surface area contributed by atoms with Crippen LogP contribution in [0, 0.1) is 40.4 Å². The first-order valence-electron chi connectivity index (χ1n) is 13.5. The van der Waals surface area contributed by atoms with Gasteiger partial charge in [-0.1, -0.05) is 19.0 Å². The van der Waals surface area contributed by atoms with Crippen LogP contribution in [0.25, 0.3) is 0 Å². The fourth-order valence-electron chi connectivity index (χ4n) is 8.61. The van der Waals surface area contributed by atoms with Gasteiger partial charge < -0.3 is 10.2 Å². The van der Waals surface area contributed by atoms with Gasteiger partial charge in [-0.2, -0.15) is 0 Å². The van der Waals surface area contributed by atoms with Crippen LogP contribution in [0.5, 0.6) is 0 Å². The third-order valence-corrected chi connectivity index (χ3v) is 10.5. The number of carbonyl (C=O) groups excluding carboxylic acids is 2. The van der Waals surface area contributed by atoms with Crippen LogP contribution < -0.4 is 5.32 Å². The summed E-state index contributed by atoms with van der Waals surface area (Å²) in [4.78, 5) is 31.3. The van der Waals surface area contributed by atoms with Gasteiger partial charge in [-0.15, -0.1) is 0 Å². The third-order valence-electron chi connectivity index (χ3n) is 10.5. The molecule has 4 fully saturated rings. The van der Waals surface area contributed by atoms with Gasteiger partial charge in [-0.25, -0.2) is 9.18 Å². The monoisotopic (exact) mass is 477 g/mol. The minimum Gasteiger partial charge on any atom is -0.318 e. The van der Waals surface area contributed by atoms with Gasteiger partial charge in [0, 0.05) is 31.8 Å². The molecule has 1 N–H and O–H groups in total. The van der Waals surface area contributed by atoms with Crippen LogP contribution in [0.1, 0.15) is 78.6 Å². The number of ketones is 1. The molecule has 0 aromatic carbocycles. The van der Waals surface area contributed by atoms with Gasteiger partial charge >= 0.3 is 6.09 Å². The topological polar surface area (TPSA) is 71.0 Å². The number of carbonyl (C=O) groups is 2. The van der Waals surface area contributed by atoms with Crippen LogP contribution in [0.15, 0.2) is 5.16 Å². The largest absolute Gasteiger partial charge is 0.436 e. The number of oxime groups is 1. The van der Waals surface area contributed by atoms with E-state index in [2.05, 4.69) is 24.3 Å².